The molecule has 2 atom stereocenters. The van der Waals surface area contributed by atoms with Gasteiger partial charge in [0.25, 0.3) is 0 Å². The van der Waals surface area contributed by atoms with Gasteiger partial charge in [-0.3, -0.25) is 4.90 Å². The van der Waals surface area contributed by atoms with Crippen LogP contribution in [0.2, 0.25) is 0 Å². The number of likely N-dealkylation sites (tertiary alicyclic amines) is 1. The lowest BCUT2D eigenvalue weighted by atomic mass is 9.77. The number of phenols is 1. The number of rotatable bonds is 9. The van der Waals surface area contributed by atoms with Crippen molar-refractivity contribution in [2.24, 2.45) is 0 Å². The van der Waals surface area contributed by atoms with E-state index >= 15 is 0 Å². The third-order valence-corrected chi connectivity index (χ3v) is 10.0. The van der Waals surface area contributed by atoms with E-state index in [9.17, 15) is 5.11 Å². The van der Waals surface area contributed by atoms with E-state index in [1.807, 2.05) is 0 Å². The normalized spacial score (nSPS) is 17.4. The van der Waals surface area contributed by atoms with Crippen molar-refractivity contribution in [3.05, 3.63) is 58.1 Å². The van der Waals surface area contributed by atoms with Crippen molar-refractivity contribution in [3.63, 3.8) is 0 Å². The molecular weight excluding hydrogens is 469 g/mol. The second-order valence-electron chi connectivity index (χ2n) is 13.8. The first-order chi connectivity index (χ1) is 17.2. The van der Waals surface area contributed by atoms with Crippen molar-refractivity contribution < 1.29 is 5.11 Å². The zero-order chi connectivity index (χ0) is 27.4. The van der Waals surface area contributed by atoms with Gasteiger partial charge in [-0.2, -0.15) is 0 Å². The van der Waals surface area contributed by atoms with Crippen molar-refractivity contribution in [3.8, 4) is 5.75 Å². The molecule has 1 aliphatic heterocycles. The molecule has 0 amide bonds. The molecule has 206 valence electrons. The van der Waals surface area contributed by atoms with E-state index in [0.29, 0.717) is 14.3 Å². The van der Waals surface area contributed by atoms with Gasteiger partial charge in [-0.05, 0) is 72.1 Å². The molecule has 0 bridgehead atoms. The zero-order valence-corrected chi connectivity index (χ0v) is 26.4. The maximum atomic E-state index is 11.9. The number of nitrogens with zero attached hydrogens (tertiary/aromatic N) is 1. The number of hydrogen-bond donors (Lipinski definition) is 1. The fourth-order valence-electron chi connectivity index (χ4n) is 5.68. The summed E-state index contributed by atoms with van der Waals surface area (Å²) in [7, 11) is 0.623. The smallest absolute Gasteiger partial charge is 0.123 e. The van der Waals surface area contributed by atoms with Crippen LogP contribution in [-0.4, -0.2) is 23.1 Å². The molecular formula is C34H54NOP. The second-order valence-corrected chi connectivity index (χ2v) is 15.7. The van der Waals surface area contributed by atoms with E-state index in [-0.39, 0.29) is 16.0 Å². The lowest BCUT2D eigenvalue weighted by Gasteiger charge is -2.36. The first-order valence-electron chi connectivity index (χ1n) is 14.7. The minimum atomic E-state index is -0.114. The van der Waals surface area contributed by atoms with Crippen LogP contribution < -0.4 is 5.30 Å². The van der Waals surface area contributed by atoms with Crippen LogP contribution in [0.3, 0.4) is 0 Å². The summed E-state index contributed by atoms with van der Waals surface area (Å²) in [5, 5.41) is 13.2. The Morgan fingerprint density at radius 2 is 1.49 bits per heavy atom. The molecule has 0 spiro atoms. The van der Waals surface area contributed by atoms with Crippen LogP contribution in [0.15, 0.2) is 30.3 Å². The minimum absolute atomic E-state index is 0.0270. The summed E-state index contributed by atoms with van der Waals surface area (Å²) in [5.74, 6) is 0.525. The fraction of sp³-hybridized carbons (Fsp3) is 0.647. The molecule has 0 aromatic heterocycles. The van der Waals surface area contributed by atoms with Gasteiger partial charge in [-0.15, -0.1) is 0 Å². The summed E-state index contributed by atoms with van der Waals surface area (Å²) in [6.45, 7) is 24.0. The number of unbranched alkanes of at least 4 members (excludes halogenated alkanes) is 2. The quantitative estimate of drug-likeness (QED) is 0.262. The van der Waals surface area contributed by atoms with Gasteiger partial charge in [0, 0.05) is 17.3 Å². The molecule has 1 fully saturated rings. The molecule has 1 saturated heterocycles. The van der Waals surface area contributed by atoms with Crippen LogP contribution in [0.25, 0.3) is 0 Å². The molecule has 0 aliphatic carbocycles. The molecule has 0 radical (unpaired) electrons. The van der Waals surface area contributed by atoms with E-state index in [1.165, 1.54) is 73.6 Å². The van der Waals surface area contributed by atoms with Crippen molar-refractivity contribution in [2.75, 3.05) is 13.1 Å². The van der Waals surface area contributed by atoms with Gasteiger partial charge in [0.1, 0.15) is 5.75 Å². The van der Waals surface area contributed by atoms with Crippen LogP contribution in [0.5, 0.6) is 5.75 Å². The van der Waals surface area contributed by atoms with Gasteiger partial charge in [-0.1, -0.05) is 126 Å². The van der Waals surface area contributed by atoms with E-state index in [0.717, 1.165) is 24.1 Å². The van der Waals surface area contributed by atoms with Gasteiger partial charge in [0.15, 0.2) is 0 Å². The highest BCUT2D eigenvalue weighted by molar-refractivity contribution is 7.48. The average molecular weight is 524 g/mol. The summed E-state index contributed by atoms with van der Waals surface area (Å²) in [6, 6.07) is 11.7. The van der Waals surface area contributed by atoms with Gasteiger partial charge in [0.05, 0.1) is 0 Å². The van der Waals surface area contributed by atoms with Gasteiger partial charge < -0.3 is 5.11 Å². The average Bonchev–Trinajstić information content (AvgIpc) is 2.80. The van der Waals surface area contributed by atoms with Crippen molar-refractivity contribution >= 4 is 13.9 Å². The molecule has 2 aromatic carbocycles. The Hall–Kier alpha value is -1.37. The van der Waals surface area contributed by atoms with E-state index < -0.39 is 0 Å². The Morgan fingerprint density at radius 1 is 0.838 bits per heavy atom. The third kappa shape index (κ3) is 7.83. The molecule has 2 nitrogen and oxygen atoms in total. The van der Waals surface area contributed by atoms with Gasteiger partial charge in [-0.25, -0.2) is 0 Å². The van der Waals surface area contributed by atoms with Crippen molar-refractivity contribution in [1.29, 1.82) is 0 Å². The maximum Gasteiger partial charge on any atom is 0.123 e. The third-order valence-electron chi connectivity index (χ3n) is 8.17. The van der Waals surface area contributed by atoms with Crippen LogP contribution in [0, 0.1) is 6.92 Å². The summed E-state index contributed by atoms with van der Waals surface area (Å²) in [4.78, 5) is 2.65. The molecule has 2 unspecified atom stereocenters. The zero-order valence-electron chi connectivity index (χ0n) is 25.4. The van der Waals surface area contributed by atoms with Crippen LogP contribution in [0.1, 0.15) is 128 Å². The summed E-state index contributed by atoms with van der Waals surface area (Å²) in [5.41, 5.74) is 6.32. The number of aromatic hydroxyl groups is 1. The second kappa shape index (κ2) is 12.2. The first kappa shape index (κ1) is 30.2. The Morgan fingerprint density at radius 3 is 2.08 bits per heavy atom. The lowest BCUT2D eigenvalue weighted by molar-refractivity contribution is 0.221. The summed E-state index contributed by atoms with van der Waals surface area (Å²) < 4.78 is 0. The van der Waals surface area contributed by atoms with E-state index in [1.54, 1.807) is 0 Å². The molecule has 3 rings (SSSR count). The topological polar surface area (TPSA) is 23.5 Å². The number of phenolic OH excluding ortho intramolecular Hbond substituents is 1. The molecule has 1 heterocycles. The Bertz CT molecular complexity index is 1040. The monoisotopic (exact) mass is 523 g/mol. The number of piperidine rings is 1. The molecule has 37 heavy (non-hydrogen) atoms. The summed E-state index contributed by atoms with van der Waals surface area (Å²) in [6.07, 6.45) is 8.75. The SMILES string of the molecule is CCCCCC(C)(Pc1ccc(C)cc1CN1CCCCC1)c1cc(C(C)(C)C)cc(C(C)(C)C)c1O. The van der Waals surface area contributed by atoms with E-state index in [2.05, 4.69) is 97.5 Å². The number of aryl methyl sites for hydroxylation is 1. The van der Waals surface area contributed by atoms with Gasteiger partial charge >= 0.3 is 0 Å². The highest BCUT2D eigenvalue weighted by atomic mass is 31.1. The highest BCUT2D eigenvalue weighted by Gasteiger charge is 2.35. The van der Waals surface area contributed by atoms with Gasteiger partial charge in [0.2, 0.25) is 0 Å². The van der Waals surface area contributed by atoms with Crippen molar-refractivity contribution in [1.82, 2.24) is 4.90 Å². The molecule has 3 heteroatoms. The first-order valence-corrected chi connectivity index (χ1v) is 15.7. The van der Waals surface area contributed by atoms with Crippen LogP contribution in [-0.2, 0) is 22.5 Å². The lowest BCUT2D eigenvalue weighted by Crippen LogP contribution is -2.31. The minimum Gasteiger partial charge on any atom is -0.507 e. The standard InChI is InChI=1S/C34H54NOP/c1-10-11-13-18-34(9,29-23-27(32(3,4)5)22-28(31(29)36)33(6,7)8)37-30-17-16-25(2)21-26(30)24-35-19-14-12-15-20-35/h16-17,21-23,36-37H,10-15,18-20,24H2,1-9H3. The maximum absolute atomic E-state index is 11.9. The number of hydrogen-bond acceptors (Lipinski definition) is 2. The Kier molecular flexibility index (Phi) is 9.96. The fourth-order valence-corrected chi connectivity index (χ4v) is 7.38. The molecule has 0 saturated carbocycles. The molecule has 1 N–H and O–H groups in total. The molecule has 1 aliphatic rings. The molecule has 2 aromatic rings. The Labute approximate surface area is 230 Å². The highest BCUT2D eigenvalue weighted by Crippen LogP contribution is 2.52. The predicted octanol–water partition coefficient (Wildman–Crippen LogP) is 9.08. The predicted molar refractivity (Wildman–Crippen MR) is 165 cm³/mol. The van der Waals surface area contributed by atoms with Crippen LogP contribution >= 0.6 is 8.58 Å². The van der Waals surface area contributed by atoms with Crippen LogP contribution in [0.4, 0.5) is 0 Å². The number of benzene rings is 2. The van der Waals surface area contributed by atoms with E-state index in [4.69, 9.17) is 0 Å². The Balaban J connectivity index is 2.12. The van der Waals surface area contributed by atoms with Crippen molar-refractivity contribution in [2.45, 2.75) is 130 Å². The largest absolute Gasteiger partial charge is 0.507 e. The summed E-state index contributed by atoms with van der Waals surface area (Å²) >= 11 is 0.